The summed E-state index contributed by atoms with van der Waals surface area (Å²) in [7, 11) is 0. The highest BCUT2D eigenvalue weighted by molar-refractivity contribution is 5.94. The molecule has 48 valence electrons. The molecule has 0 atom stereocenters. The largest absolute Gasteiger partial charge is 0.425 e. The number of rotatable bonds is 1. The second-order valence-electron chi connectivity index (χ2n) is 1.68. The van der Waals surface area contributed by atoms with Crippen LogP contribution in [0.2, 0.25) is 0 Å². The van der Waals surface area contributed by atoms with Crippen molar-refractivity contribution in [2.75, 3.05) is 6.61 Å². The monoisotopic (exact) mass is 126 g/mol. The van der Waals surface area contributed by atoms with Crippen molar-refractivity contribution in [2.45, 2.75) is 0 Å². The summed E-state index contributed by atoms with van der Waals surface area (Å²) in [5.41, 5.74) is 0.291. The molecule has 0 aromatic rings. The van der Waals surface area contributed by atoms with Crippen molar-refractivity contribution in [3.05, 3.63) is 24.0 Å². The van der Waals surface area contributed by atoms with Gasteiger partial charge in [-0.15, -0.1) is 0 Å². The van der Waals surface area contributed by atoms with Crippen LogP contribution in [-0.2, 0) is 9.53 Å². The van der Waals surface area contributed by atoms with Crippen LogP contribution in [0.3, 0.4) is 0 Å². The van der Waals surface area contributed by atoms with Gasteiger partial charge >= 0.3 is 5.97 Å². The third kappa shape index (κ3) is 1.000. The molecule has 0 radical (unpaired) electrons. The maximum absolute atomic E-state index is 10.5. The van der Waals surface area contributed by atoms with E-state index in [0.717, 1.165) is 0 Å². The van der Waals surface area contributed by atoms with Gasteiger partial charge in [0.2, 0.25) is 0 Å². The fourth-order valence-corrected chi connectivity index (χ4v) is 0.545. The smallest absolute Gasteiger partial charge is 0.342 e. The summed E-state index contributed by atoms with van der Waals surface area (Å²) in [6.07, 6.45) is 1.42. The normalized spacial score (nSPS) is 17.7. The van der Waals surface area contributed by atoms with Gasteiger partial charge in [-0.2, -0.15) is 0 Å². The number of carbonyl (C=O) groups is 1. The molecule has 0 fully saturated rings. The van der Waals surface area contributed by atoms with Gasteiger partial charge in [0.25, 0.3) is 0 Å². The van der Waals surface area contributed by atoms with Crippen molar-refractivity contribution in [1.82, 2.24) is 0 Å². The van der Waals surface area contributed by atoms with Crippen molar-refractivity contribution in [1.29, 1.82) is 0 Å². The molecule has 3 heteroatoms. The Bertz CT molecular complexity index is 190. The number of hydrogen-bond acceptors (Lipinski definition) is 3. The molecule has 0 amide bonds. The van der Waals surface area contributed by atoms with Crippen LogP contribution in [-0.4, -0.2) is 17.7 Å². The lowest BCUT2D eigenvalue weighted by molar-refractivity contribution is -0.133. The first-order valence-corrected chi connectivity index (χ1v) is 2.46. The second kappa shape index (κ2) is 2.03. The van der Waals surface area contributed by atoms with E-state index in [-0.39, 0.29) is 12.4 Å². The number of aliphatic hydroxyl groups is 1. The molecule has 0 unspecified atom stereocenters. The van der Waals surface area contributed by atoms with Crippen LogP contribution in [0.25, 0.3) is 0 Å². The van der Waals surface area contributed by atoms with Gasteiger partial charge in [-0.25, -0.2) is 4.79 Å². The molecular formula is C6H6O3. The molecule has 1 aliphatic heterocycles. The first-order chi connectivity index (χ1) is 4.24. The molecule has 1 rings (SSSR count). The summed E-state index contributed by atoms with van der Waals surface area (Å²) in [4.78, 5) is 10.5. The fraction of sp³-hybridized carbons (Fsp3) is 0.167. The number of ether oxygens (including phenoxy) is 1. The van der Waals surface area contributed by atoms with Crippen LogP contribution in [0.1, 0.15) is 0 Å². The predicted octanol–water partition coefficient (Wildman–Crippen LogP) is -0.0244. The summed E-state index contributed by atoms with van der Waals surface area (Å²) < 4.78 is 4.50. The van der Waals surface area contributed by atoms with Gasteiger partial charge in [-0.1, -0.05) is 6.58 Å². The topological polar surface area (TPSA) is 46.5 Å². The SMILES string of the molecule is C=C1C=C(CO)OC1=O. The molecule has 9 heavy (non-hydrogen) atoms. The minimum atomic E-state index is -0.473. The van der Waals surface area contributed by atoms with Gasteiger partial charge in [0.1, 0.15) is 12.4 Å². The van der Waals surface area contributed by atoms with E-state index in [0.29, 0.717) is 5.57 Å². The van der Waals surface area contributed by atoms with E-state index in [4.69, 9.17) is 5.11 Å². The van der Waals surface area contributed by atoms with E-state index in [1.807, 2.05) is 0 Å². The number of cyclic esters (lactones) is 1. The molecule has 0 aromatic carbocycles. The molecule has 3 nitrogen and oxygen atoms in total. The standard InChI is InChI=1S/C6H6O3/c1-4-2-5(3-7)9-6(4)8/h2,7H,1,3H2. The van der Waals surface area contributed by atoms with Gasteiger partial charge in [-0.3, -0.25) is 0 Å². The highest BCUT2D eigenvalue weighted by atomic mass is 16.5. The maximum atomic E-state index is 10.5. The Kier molecular flexibility index (Phi) is 1.36. The van der Waals surface area contributed by atoms with Crippen molar-refractivity contribution in [3.63, 3.8) is 0 Å². The van der Waals surface area contributed by atoms with Crippen LogP contribution in [0.4, 0.5) is 0 Å². The zero-order valence-corrected chi connectivity index (χ0v) is 4.76. The Morgan fingerprint density at radius 3 is 2.67 bits per heavy atom. The quantitative estimate of drug-likeness (QED) is 0.396. The van der Waals surface area contributed by atoms with E-state index in [2.05, 4.69) is 11.3 Å². The minimum Gasteiger partial charge on any atom is -0.425 e. The van der Waals surface area contributed by atoms with Crippen LogP contribution < -0.4 is 0 Å². The van der Waals surface area contributed by atoms with Crippen molar-refractivity contribution < 1.29 is 14.6 Å². The van der Waals surface area contributed by atoms with Crippen LogP contribution in [0, 0.1) is 0 Å². The summed E-state index contributed by atoms with van der Waals surface area (Å²) in [5.74, 6) is -0.205. The zero-order chi connectivity index (χ0) is 6.85. The highest BCUT2D eigenvalue weighted by Gasteiger charge is 2.16. The third-order valence-corrected chi connectivity index (χ3v) is 0.977. The van der Waals surface area contributed by atoms with Crippen molar-refractivity contribution in [3.8, 4) is 0 Å². The number of aliphatic hydroxyl groups excluding tert-OH is 1. The lowest BCUT2D eigenvalue weighted by Crippen LogP contribution is -1.97. The van der Waals surface area contributed by atoms with Gasteiger partial charge < -0.3 is 9.84 Å². The van der Waals surface area contributed by atoms with E-state index >= 15 is 0 Å². The van der Waals surface area contributed by atoms with Gasteiger partial charge in [0, 0.05) is 0 Å². The maximum Gasteiger partial charge on any atom is 0.342 e. The molecule has 1 N–H and O–H groups in total. The summed E-state index contributed by atoms with van der Waals surface area (Å²) >= 11 is 0. The Labute approximate surface area is 52.2 Å². The Morgan fingerprint density at radius 2 is 2.44 bits per heavy atom. The Hall–Kier alpha value is -1.09. The van der Waals surface area contributed by atoms with Gasteiger partial charge in [0.15, 0.2) is 0 Å². The average molecular weight is 126 g/mol. The van der Waals surface area contributed by atoms with E-state index in [1.165, 1.54) is 6.08 Å². The predicted molar refractivity (Wildman–Crippen MR) is 30.4 cm³/mol. The van der Waals surface area contributed by atoms with Crippen molar-refractivity contribution in [2.24, 2.45) is 0 Å². The Morgan fingerprint density at radius 1 is 1.78 bits per heavy atom. The first-order valence-electron chi connectivity index (χ1n) is 2.46. The first kappa shape index (κ1) is 6.04. The van der Waals surface area contributed by atoms with E-state index in [1.54, 1.807) is 0 Å². The highest BCUT2D eigenvalue weighted by Crippen LogP contribution is 2.13. The minimum absolute atomic E-state index is 0.245. The van der Waals surface area contributed by atoms with E-state index < -0.39 is 5.97 Å². The molecule has 0 aliphatic carbocycles. The third-order valence-electron chi connectivity index (χ3n) is 0.977. The molecule has 0 spiro atoms. The van der Waals surface area contributed by atoms with Crippen LogP contribution >= 0.6 is 0 Å². The van der Waals surface area contributed by atoms with Gasteiger partial charge in [-0.05, 0) is 6.08 Å². The van der Waals surface area contributed by atoms with Crippen LogP contribution in [0.5, 0.6) is 0 Å². The second-order valence-corrected chi connectivity index (χ2v) is 1.68. The lowest BCUT2D eigenvalue weighted by Gasteiger charge is -1.92. The Balaban J connectivity index is 2.74. The van der Waals surface area contributed by atoms with Crippen LogP contribution in [0.15, 0.2) is 24.0 Å². The summed E-state index contributed by atoms with van der Waals surface area (Å²) in [5, 5.41) is 8.41. The summed E-state index contributed by atoms with van der Waals surface area (Å²) in [6.45, 7) is 3.13. The molecule has 0 aromatic heterocycles. The number of hydrogen-bond donors (Lipinski definition) is 1. The molecule has 1 aliphatic rings. The van der Waals surface area contributed by atoms with Crippen molar-refractivity contribution >= 4 is 5.97 Å². The summed E-state index contributed by atoms with van der Waals surface area (Å²) in [6, 6.07) is 0. The van der Waals surface area contributed by atoms with Gasteiger partial charge in [0.05, 0.1) is 5.57 Å². The molecule has 0 bridgehead atoms. The molecule has 0 saturated heterocycles. The zero-order valence-electron chi connectivity index (χ0n) is 4.76. The fourth-order valence-electron chi connectivity index (χ4n) is 0.545. The molecular weight excluding hydrogens is 120 g/mol. The molecule has 0 saturated carbocycles. The average Bonchev–Trinajstić information content (AvgIpc) is 2.13. The molecule has 1 heterocycles. The van der Waals surface area contributed by atoms with E-state index in [9.17, 15) is 4.79 Å². The lowest BCUT2D eigenvalue weighted by atomic mass is 10.3. The number of carbonyl (C=O) groups excluding carboxylic acids is 1. The number of esters is 1.